The number of amides is 1. The maximum atomic E-state index is 12.4. The van der Waals surface area contributed by atoms with E-state index in [1.54, 1.807) is 31.2 Å². The van der Waals surface area contributed by atoms with Gasteiger partial charge >= 0.3 is 12.1 Å². The molecule has 2 aromatic carbocycles. The van der Waals surface area contributed by atoms with E-state index in [-0.39, 0.29) is 13.2 Å². The summed E-state index contributed by atoms with van der Waals surface area (Å²) in [5.41, 5.74) is 1.42. The number of benzene rings is 2. The first-order valence-electron chi connectivity index (χ1n) is 8.82. The lowest BCUT2D eigenvalue weighted by Gasteiger charge is -2.25. The van der Waals surface area contributed by atoms with Crippen molar-refractivity contribution in [3.05, 3.63) is 70.2 Å². The molecule has 0 saturated carbocycles. The van der Waals surface area contributed by atoms with Crippen molar-refractivity contribution in [2.24, 2.45) is 5.92 Å². The Kier molecular flexibility index (Phi) is 8.19. The zero-order valence-electron chi connectivity index (χ0n) is 15.7. The number of hydrogen-bond donors (Lipinski definition) is 1. The Hall–Kier alpha value is -2.67. The topological polar surface area (TPSA) is 81.7 Å². The van der Waals surface area contributed by atoms with Gasteiger partial charge in [0.15, 0.2) is 0 Å². The van der Waals surface area contributed by atoms with Crippen molar-refractivity contribution in [1.29, 1.82) is 0 Å². The van der Waals surface area contributed by atoms with Gasteiger partial charge in [0, 0.05) is 4.47 Å². The third kappa shape index (κ3) is 6.20. The molecule has 0 aromatic heterocycles. The Labute approximate surface area is 172 Å². The summed E-state index contributed by atoms with van der Waals surface area (Å²) in [6.45, 7) is 3.16. The second-order valence-electron chi connectivity index (χ2n) is 6.08. The summed E-state index contributed by atoms with van der Waals surface area (Å²) in [5, 5.41) is 2.65. The van der Waals surface area contributed by atoms with E-state index in [9.17, 15) is 14.4 Å². The van der Waals surface area contributed by atoms with Crippen molar-refractivity contribution >= 4 is 33.8 Å². The second kappa shape index (κ2) is 10.6. The maximum Gasteiger partial charge on any atom is 0.407 e. The first-order chi connectivity index (χ1) is 13.4. The minimum absolute atomic E-state index is 0.0733. The van der Waals surface area contributed by atoms with Crippen LogP contribution in [0.2, 0.25) is 0 Å². The van der Waals surface area contributed by atoms with E-state index in [2.05, 4.69) is 21.2 Å². The summed E-state index contributed by atoms with van der Waals surface area (Å²) < 4.78 is 11.1. The molecule has 0 unspecified atom stereocenters. The van der Waals surface area contributed by atoms with E-state index < -0.39 is 29.8 Å². The van der Waals surface area contributed by atoms with Gasteiger partial charge in [0.05, 0.1) is 12.6 Å². The zero-order chi connectivity index (χ0) is 20.5. The number of ketones is 1. The van der Waals surface area contributed by atoms with Crippen LogP contribution < -0.4 is 5.32 Å². The minimum atomic E-state index is -1.18. The lowest BCUT2D eigenvalue weighted by atomic mass is 9.90. The van der Waals surface area contributed by atoms with Crippen LogP contribution in [-0.4, -0.2) is 24.5 Å². The van der Waals surface area contributed by atoms with Crippen LogP contribution in [0, 0.1) is 5.92 Å². The molecule has 0 bridgehead atoms. The quantitative estimate of drug-likeness (QED) is 0.484. The average molecular weight is 448 g/mol. The molecule has 0 heterocycles. The maximum absolute atomic E-state index is 12.4. The fraction of sp³-hybridized carbons (Fsp3) is 0.286. The van der Waals surface area contributed by atoms with Gasteiger partial charge in [-0.1, -0.05) is 58.4 Å². The first-order valence-corrected chi connectivity index (χ1v) is 9.61. The Balaban J connectivity index is 2.21. The normalized spacial score (nSPS) is 12.5. The summed E-state index contributed by atoms with van der Waals surface area (Å²) in [6.07, 6.45) is -0.729. The number of Topliss-reactive ketones (excluding diaryl/α,β-unsaturated/α-hetero) is 1. The van der Waals surface area contributed by atoms with E-state index in [1.807, 2.05) is 30.3 Å². The molecule has 0 fully saturated rings. The molecule has 2 aromatic rings. The lowest BCUT2D eigenvalue weighted by Crippen LogP contribution is -2.41. The molecule has 0 saturated heterocycles. The number of nitrogens with one attached hydrogen (secondary N) is 1. The smallest absolute Gasteiger partial charge is 0.407 e. The Bertz CT molecular complexity index is 807. The van der Waals surface area contributed by atoms with Gasteiger partial charge in [-0.3, -0.25) is 9.59 Å². The molecule has 6 nitrogen and oxygen atoms in total. The van der Waals surface area contributed by atoms with Gasteiger partial charge in [-0.15, -0.1) is 0 Å². The van der Waals surface area contributed by atoms with Gasteiger partial charge in [0.25, 0.3) is 0 Å². The number of rotatable bonds is 8. The number of esters is 1. The lowest BCUT2D eigenvalue weighted by molar-refractivity contribution is -0.152. The number of carbonyl (C=O) groups excluding carboxylic acids is 3. The molecule has 0 radical (unpaired) electrons. The van der Waals surface area contributed by atoms with Crippen LogP contribution in [0.1, 0.15) is 31.0 Å². The van der Waals surface area contributed by atoms with Gasteiger partial charge in [-0.05, 0) is 37.1 Å². The van der Waals surface area contributed by atoms with Crippen LogP contribution in [-0.2, 0) is 25.7 Å². The van der Waals surface area contributed by atoms with Crippen molar-refractivity contribution < 1.29 is 23.9 Å². The van der Waals surface area contributed by atoms with Crippen LogP contribution in [0.3, 0.4) is 0 Å². The Morgan fingerprint density at radius 1 is 1.00 bits per heavy atom. The predicted octanol–water partition coefficient (Wildman–Crippen LogP) is 4.18. The second-order valence-corrected chi connectivity index (χ2v) is 6.99. The van der Waals surface area contributed by atoms with Crippen LogP contribution in [0.5, 0.6) is 0 Å². The summed E-state index contributed by atoms with van der Waals surface area (Å²) in [7, 11) is 0. The standard InChI is InChI=1S/C21H22BrNO5/c1-3-27-20(25)18(14(2)24)19(16-9-11-17(22)12-10-16)23-21(26)28-13-15-7-5-4-6-8-15/h4-12,18-19H,3,13H2,1-2H3,(H,23,26)/t18-,19-/m1/s1. The fourth-order valence-electron chi connectivity index (χ4n) is 2.69. The van der Waals surface area contributed by atoms with Gasteiger partial charge in [-0.2, -0.15) is 0 Å². The third-order valence-electron chi connectivity index (χ3n) is 4.03. The summed E-state index contributed by atoms with van der Waals surface area (Å²) in [6, 6.07) is 15.3. The number of ether oxygens (including phenoxy) is 2. The number of alkyl carbamates (subject to hydrolysis) is 1. The molecule has 2 atom stereocenters. The largest absolute Gasteiger partial charge is 0.465 e. The van der Waals surface area contributed by atoms with Crippen LogP contribution in [0.25, 0.3) is 0 Å². The molecule has 1 N–H and O–H groups in total. The SMILES string of the molecule is CCOC(=O)[C@H](C(C)=O)[C@H](NC(=O)OCc1ccccc1)c1ccc(Br)cc1. The van der Waals surface area contributed by atoms with Gasteiger partial charge in [0.2, 0.25) is 0 Å². The van der Waals surface area contributed by atoms with Crippen molar-refractivity contribution in [2.75, 3.05) is 6.61 Å². The van der Waals surface area contributed by atoms with E-state index in [1.165, 1.54) is 6.92 Å². The molecular weight excluding hydrogens is 426 g/mol. The summed E-state index contributed by atoms with van der Waals surface area (Å²) in [4.78, 5) is 37.0. The Morgan fingerprint density at radius 3 is 2.21 bits per heavy atom. The highest BCUT2D eigenvalue weighted by Gasteiger charge is 2.36. The molecule has 1 amide bonds. The minimum Gasteiger partial charge on any atom is -0.465 e. The predicted molar refractivity (Wildman–Crippen MR) is 107 cm³/mol. The molecule has 148 valence electrons. The molecule has 0 aliphatic heterocycles. The van der Waals surface area contributed by atoms with E-state index in [0.717, 1.165) is 10.0 Å². The molecule has 0 aliphatic carbocycles. The number of halogens is 1. The summed E-state index contributed by atoms with van der Waals surface area (Å²) in [5.74, 6) is -2.27. The van der Waals surface area contributed by atoms with Crippen LogP contribution in [0.4, 0.5) is 4.79 Å². The highest BCUT2D eigenvalue weighted by atomic mass is 79.9. The zero-order valence-corrected chi connectivity index (χ0v) is 17.3. The molecule has 2 rings (SSSR count). The number of carbonyl (C=O) groups is 3. The van der Waals surface area contributed by atoms with Crippen LogP contribution >= 0.6 is 15.9 Å². The van der Waals surface area contributed by atoms with Gasteiger partial charge in [-0.25, -0.2) is 4.79 Å². The third-order valence-corrected chi connectivity index (χ3v) is 4.56. The molecule has 0 spiro atoms. The van der Waals surface area contributed by atoms with Crippen molar-refractivity contribution in [3.63, 3.8) is 0 Å². The summed E-state index contributed by atoms with van der Waals surface area (Å²) >= 11 is 3.35. The highest BCUT2D eigenvalue weighted by molar-refractivity contribution is 9.10. The molecular formula is C21H22BrNO5. The average Bonchev–Trinajstić information content (AvgIpc) is 2.67. The molecule has 7 heteroatoms. The van der Waals surface area contributed by atoms with E-state index >= 15 is 0 Å². The number of hydrogen-bond acceptors (Lipinski definition) is 5. The van der Waals surface area contributed by atoms with Crippen molar-refractivity contribution in [3.8, 4) is 0 Å². The van der Waals surface area contributed by atoms with Gasteiger partial charge in [0.1, 0.15) is 18.3 Å². The first kappa shape index (κ1) is 21.6. The monoisotopic (exact) mass is 447 g/mol. The van der Waals surface area contributed by atoms with Gasteiger partial charge < -0.3 is 14.8 Å². The van der Waals surface area contributed by atoms with E-state index in [4.69, 9.17) is 9.47 Å². The van der Waals surface area contributed by atoms with Crippen molar-refractivity contribution in [1.82, 2.24) is 5.32 Å². The van der Waals surface area contributed by atoms with Crippen LogP contribution in [0.15, 0.2) is 59.1 Å². The molecule has 0 aliphatic rings. The molecule has 28 heavy (non-hydrogen) atoms. The fourth-order valence-corrected chi connectivity index (χ4v) is 2.95. The van der Waals surface area contributed by atoms with E-state index in [0.29, 0.717) is 5.56 Å². The van der Waals surface area contributed by atoms with Crippen molar-refractivity contribution in [2.45, 2.75) is 26.5 Å². The Morgan fingerprint density at radius 2 is 1.64 bits per heavy atom. The highest BCUT2D eigenvalue weighted by Crippen LogP contribution is 2.26.